The van der Waals surface area contributed by atoms with Crippen LogP contribution in [0.2, 0.25) is 5.02 Å². The Labute approximate surface area is 97.8 Å². The average molecular weight is 247 g/mol. The number of rotatable bonds is 4. The number of hydrogen-bond acceptors (Lipinski definition) is 3. The largest absolute Gasteiger partial charge is 0.464 e. The summed E-state index contributed by atoms with van der Waals surface area (Å²) in [5.41, 5.74) is 0.185. The van der Waals surface area contributed by atoms with Gasteiger partial charge in [0, 0.05) is 5.02 Å². The summed E-state index contributed by atoms with van der Waals surface area (Å²) in [6, 6.07) is 5.80. The van der Waals surface area contributed by atoms with Gasteiger partial charge in [-0.1, -0.05) is 23.7 Å². The minimum absolute atomic E-state index is 0.100. The number of alkyl halides is 1. The van der Waals surface area contributed by atoms with E-state index >= 15 is 0 Å². The molecule has 0 saturated heterocycles. The predicted octanol–water partition coefficient (Wildman–Crippen LogP) is 2.27. The minimum Gasteiger partial charge on any atom is -0.464 e. The van der Waals surface area contributed by atoms with E-state index in [4.69, 9.17) is 11.6 Å². The van der Waals surface area contributed by atoms with Gasteiger partial charge < -0.3 is 9.84 Å². The number of carbonyl (C=O) groups is 1. The molecule has 1 aromatic carbocycles. The first-order valence-electron chi connectivity index (χ1n) is 4.80. The van der Waals surface area contributed by atoms with Crippen LogP contribution in [0.15, 0.2) is 24.3 Å². The second-order valence-corrected chi connectivity index (χ2v) is 3.59. The van der Waals surface area contributed by atoms with E-state index in [1.165, 1.54) is 24.3 Å². The maximum absolute atomic E-state index is 13.6. The summed E-state index contributed by atoms with van der Waals surface area (Å²) in [5, 5.41) is 9.82. The smallest absolute Gasteiger partial charge is 0.338 e. The van der Waals surface area contributed by atoms with Gasteiger partial charge in [0.15, 0.2) is 12.3 Å². The number of aliphatic hydroxyl groups excluding tert-OH is 1. The van der Waals surface area contributed by atoms with Gasteiger partial charge in [0.2, 0.25) is 0 Å². The van der Waals surface area contributed by atoms with Gasteiger partial charge in [-0.25, -0.2) is 9.18 Å². The van der Waals surface area contributed by atoms with Crippen LogP contribution in [-0.2, 0) is 9.53 Å². The van der Waals surface area contributed by atoms with Gasteiger partial charge in [0.1, 0.15) is 0 Å². The summed E-state index contributed by atoms with van der Waals surface area (Å²) in [4.78, 5) is 11.1. The van der Waals surface area contributed by atoms with Crippen molar-refractivity contribution >= 4 is 17.6 Å². The van der Waals surface area contributed by atoms with Crippen molar-refractivity contribution in [3.05, 3.63) is 34.9 Å². The second kappa shape index (κ2) is 5.82. The summed E-state index contributed by atoms with van der Waals surface area (Å²) in [5.74, 6) is -0.968. The lowest BCUT2D eigenvalue weighted by atomic mass is 10.1. The molecular formula is C11H12ClFO3. The van der Waals surface area contributed by atoms with Gasteiger partial charge in [-0.2, -0.15) is 0 Å². The van der Waals surface area contributed by atoms with Crippen LogP contribution in [0, 0.1) is 0 Å². The third-order valence-electron chi connectivity index (χ3n) is 1.99. The van der Waals surface area contributed by atoms with Crippen molar-refractivity contribution in [1.29, 1.82) is 0 Å². The number of ether oxygens (including phenoxy) is 1. The molecular weight excluding hydrogens is 235 g/mol. The normalized spacial score (nSPS) is 14.2. The van der Waals surface area contributed by atoms with Crippen LogP contribution in [0.5, 0.6) is 0 Å². The van der Waals surface area contributed by atoms with Crippen LogP contribution < -0.4 is 0 Å². The summed E-state index contributed by atoms with van der Waals surface area (Å²) in [6.45, 7) is 1.68. The third kappa shape index (κ3) is 3.18. The number of aliphatic hydroxyl groups is 1. The molecule has 0 heterocycles. The molecule has 5 heteroatoms. The van der Waals surface area contributed by atoms with Crippen molar-refractivity contribution in [3.8, 4) is 0 Å². The van der Waals surface area contributed by atoms with E-state index in [-0.39, 0.29) is 12.2 Å². The quantitative estimate of drug-likeness (QED) is 0.829. The standard InChI is InChI=1S/C11H12ClFO3/c1-2-16-11(15)10(14)9(13)7-3-5-8(12)6-4-7/h3-6,9-10,14H,2H2,1H3/t9-,10-/m1/s1. The van der Waals surface area contributed by atoms with Crippen molar-refractivity contribution in [1.82, 2.24) is 0 Å². The minimum atomic E-state index is -1.81. The van der Waals surface area contributed by atoms with Gasteiger partial charge >= 0.3 is 5.97 Å². The Morgan fingerprint density at radius 1 is 1.50 bits per heavy atom. The topological polar surface area (TPSA) is 46.5 Å². The van der Waals surface area contributed by atoms with Crippen molar-refractivity contribution in [2.45, 2.75) is 19.2 Å². The zero-order chi connectivity index (χ0) is 12.1. The fourth-order valence-electron chi connectivity index (χ4n) is 1.18. The van der Waals surface area contributed by atoms with Crippen LogP contribution >= 0.6 is 11.6 Å². The Kier molecular flexibility index (Phi) is 4.71. The highest BCUT2D eigenvalue weighted by Gasteiger charge is 2.28. The molecule has 88 valence electrons. The van der Waals surface area contributed by atoms with Gasteiger partial charge in [-0.15, -0.1) is 0 Å². The van der Waals surface area contributed by atoms with Gasteiger partial charge in [-0.05, 0) is 24.6 Å². The first-order valence-corrected chi connectivity index (χ1v) is 5.18. The Morgan fingerprint density at radius 3 is 2.56 bits per heavy atom. The van der Waals surface area contributed by atoms with E-state index in [0.717, 1.165) is 0 Å². The number of carbonyl (C=O) groups excluding carboxylic acids is 1. The van der Waals surface area contributed by atoms with Crippen molar-refractivity contribution in [3.63, 3.8) is 0 Å². The average Bonchev–Trinajstić information content (AvgIpc) is 2.28. The zero-order valence-corrected chi connectivity index (χ0v) is 9.45. The van der Waals surface area contributed by atoms with Gasteiger partial charge in [-0.3, -0.25) is 0 Å². The maximum Gasteiger partial charge on any atom is 0.338 e. The number of hydrogen-bond donors (Lipinski definition) is 1. The van der Waals surface area contributed by atoms with Crippen LogP contribution in [0.1, 0.15) is 18.7 Å². The van der Waals surface area contributed by atoms with E-state index in [2.05, 4.69) is 4.74 Å². The molecule has 1 N–H and O–H groups in total. The molecule has 0 aromatic heterocycles. The predicted molar refractivity (Wildman–Crippen MR) is 57.9 cm³/mol. The fourth-order valence-corrected chi connectivity index (χ4v) is 1.30. The second-order valence-electron chi connectivity index (χ2n) is 3.15. The molecule has 0 radical (unpaired) electrons. The maximum atomic E-state index is 13.6. The molecule has 0 fully saturated rings. The molecule has 0 amide bonds. The van der Waals surface area contributed by atoms with Gasteiger partial charge in [0.25, 0.3) is 0 Å². The number of esters is 1. The lowest BCUT2D eigenvalue weighted by molar-refractivity contribution is -0.156. The SMILES string of the molecule is CCOC(=O)[C@H](O)[C@H](F)c1ccc(Cl)cc1. The lowest BCUT2D eigenvalue weighted by Crippen LogP contribution is -2.27. The number of halogens is 2. The highest BCUT2D eigenvalue weighted by molar-refractivity contribution is 6.30. The first-order chi connectivity index (χ1) is 7.56. The Hall–Kier alpha value is -1.13. The van der Waals surface area contributed by atoms with Gasteiger partial charge in [0.05, 0.1) is 6.61 Å². The highest BCUT2D eigenvalue weighted by Crippen LogP contribution is 2.23. The Balaban J connectivity index is 2.73. The molecule has 0 aliphatic heterocycles. The lowest BCUT2D eigenvalue weighted by Gasteiger charge is -2.14. The molecule has 2 atom stereocenters. The summed E-state index contributed by atoms with van der Waals surface area (Å²) < 4.78 is 18.2. The zero-order valence-electron chi connectivity index (χ0n) is 8.69. The van der Waals surface area contributed by atoms with Crippen molar-refractivity contribution in [2.24, 2.45) is 0 Å². The van der Waals surface area contributed by atoms with E-state index in [0.29, 0.717) is 5.02 Å². The molecule has 0 spiro atoms. The van der Waals surface area contributed by atoms with Crippen molar-refractivity contribution < 1.29 is 19.0 Å². The van der Waals surface area contributed by atoms with E-state index < -0.39 is 18.2 Å². The molecule has 0 aliphatic carbocycles. The molecule has 0 saturated carbocycles. The fraction of sp³-hybridized carbons (Fsp3) is 0.364. The molecule has 0 aliphatic rings. The molecule has 0 bridgehead atoms. The summed E-state index contributed by atoms with van der Waals surface area (Å²) in [6.07, 6.45) is -3.61. The monoisotopic (exact) mass is 246 g/mol. The molecule has 1 aromatic rings. The Bertz CT molecular complexity index is 353. The highest BCUT2D eigenvalue weighted by atomic mass is 35.5. The molecule has 0 unspecified atom stereocenters. The van der Waals surface area contributed by atoms with E-state index in [1.807, 2.05) is 0 Å². The third-order valence-corrected chi connectivity index (χ3v) is 2.25. The number of benzene rings is 1. The molecule has 16 heavy (non-hydrogen) atoms. The van der Waals surface area contributed by atoms with Crippen LogP contribution in [0.4, 0.5) is 4.39 Å². The van der Waals surface area contributed by atoms with Crippen LogP contribution in [-0.4, -0.2) is 23.8 Å². The van der Waals surface area contributed by atoms with Crippen LogP contribution in [0.3, 0.4) is 0 Å². The Morgan fingerprint density at radius 2 is 2.06 bits per heavy atom. The molecule has 1 rings (SSSR count). The summed E-state index contributed by atoms with van der Waals surface area (Å²) in [7, 11) is 0. The van der Waals surface area contributed by atoms with Crippen molar-refractivity contribution in [2.75, 3.05) is 6.61 Å². The summed E-state index contributed by atoms with van der Waals surface area (Å²) >= 11 is 5.63. The van der Waals surface area contributed by atoms with E-state index in [9.17, 15) is 14.3 Å². The van der Waals surface area contributed by atoms with Crippen LogP contribution in [0.25, 0.3) is 0 Å². The molecule has 3 nitrogen and oxygen atoms in total. The van der Waals surface area contributed by atoms with E-state index in [1.54, 1.807) is 6.92 Å². The first kappa shape index (κ1) is 12.9.